The number of aryl methyl sites for hydroxylation is 1. The maximum atomic E-state index is 14.9. The van der Waals surface area contributed by atoms with Crippen LogP contribution in [0.15, 0.2) is 22.6 Å². The van der Waals surface area contributed by atoms with Gasteiger partial charge in [0.2, 0.25) is 11.0 Å². The third-order valence-corrected chi connectivity index (χ3v) is 5.31. The first-order valence-corrected chi connectivity index (χ1v) is 10.4. The van der Waals surface area contributed by atoms with Crippen molar-refractivity contribution in [2.75, 3.05) is 31.7 Å². The highest BCUT2D eigenvalue weighted by atomic mass is 32.1. The number of halogens is 3. The Morgan fingerprint density at radius 2 is 2.03 bits per heavy atom. The standard InChI is InChI=1S/C19H21F3N6O3S/c1-4-27(7-8-30-3)19(29)28(18-26-23-11(2)32-18)10-13-6-5-12(9-14(13)20)16-24-25-17(31-16)15(21)22/h5-6,9,15H,4,7-8,10H2,1-3H3. The Balaban J connectivity index is 1.87. The van der Waals surface area contributed by atoms with Gasteiger partial charge in [0.05, 0.1) is 13.2 Å². The molecule has 2 aromatic heterocycles. The van der Waals surface area contributed by atoms with Crippen LogP contribution in [0.3, 0.4) is 0 Å². The molecular formula is C19H21F3N6O3S. The fraction of sp³-hybridized carbons (Fsp3) is 0.421. The summed E-state index contributed by atoms with van der Waals surface area (Å²) in [5, 5.41) is 15.7. The normalized spacial score (nSPS) is 11.2. The zero-order valence-corrected chi connectivity index (χ0v) is 18.4. The lowest BCUT2D eigenvalue weighted by Crippen LogP contribution is -2.44. The SMILES string of the molecule is CCN(CCOC)C(=O)N(Cc1ccc(-c2nnc(C(F)F)o2)cc1F)c1nnc(C)s1. The minimum Gasteiger partial charge on any atom is -0.415 e. The van der Waals surface area contributed by atoms with E-state index in [0.717, 1.165) is 6.07 Å². The molecule has 0 N–H and O–H groups in total. The molecule has 1 aromatic carbocycles. The number of hydrogen-bond acceptors (Lipinski definition) is 8. The van der Waals surface area contributed by atoms with Crippen molar-refractivity contribution in [2.45, 2.75) is 26.8 Å². The average molecular weight is 470 g/mol. The number of likely N-dealkylation sites (N-methyl/N-ethyl adjacent to an activating group) is 1. The average Bonchev–Trinajstić information content (AvgIpc) is 3.43. The molecule has 2 amide bonds. The maximum Gasteiger partial charge on any atom is 0.326 e. The van der Waals surface area contributed by atoms with Gasteiger partial charge in [-0.3, -0.25) is 4.90 Å². The van der Waals surface area contributed by atoms with E-state index in [1.165, 1.54) is 35.5 Å². The molecule has 172 valence electrons. The smallest absolute Gasteiger partial charge is 0.326 e. The zero-order valence-electron chi connectivity index (χ0n) is 17.6. The highest BCUT2D eigenvalue weighted by molar-refractivity contribution is 7.15. The lowest BCUT2D eigenvalue weighted by atomic mass is 10.1. The van der Waals surface area contributed by atoms with Crippen LogP contribution in [0, 0.1) is 12.7 Å². The van der Waals surface area contributed by atoms with Crippen LogP contribution in [-0.4, -0.2) is 58.1 Å². The molecule has 0 spiro atoms. The molecule has 0 aliphatic carbocycles. The fourth-order valence-electron chi connectivity index (χ4n) is 2.79. The van der Waals surface area contributed by atoms with Crippen LogP contribution in [-0.2, 0) is 11.3 Å². The van der Waals surface area contributed by atoms with E-state index in [1.807, 2.05) is 6.92 Å². The number of benzene rings is 1. The van der Waals surface area contributed by atoms with Crippen molar-refractivity contribution < 1.29 is 27.1 Å². The highest BCUT2D eigenvalue weighted by Crippen LogP contribution is 2.27. The minimum atomic E-state index is -2.92. The summed E-state index contributed by atoms with van der Waals surface area (Å²) in [5.41, 5.74) is 0.330. The highest BCUT2D eigenvalue weighted by Gasteiger charge is 2.26. The van der Waals surface area contributed by atoms with Gasteiger partial charge >= 0.3 is 12.5 Å². The lowest BCUT2D eigenvalue weighted by molar-refractivity contribution is 0.116. The van der Waals surface area contributed by atoms with E-state index in [2.05, 4.69) is 20.4 Å². The number of aromatic nitrogens is 4. The summed E-state index contributed by atoms with van der Waals surface area (Å²) in [6.07, 6.45) is -2.92. The largest absolute Gasteiger partial charge is 0.415 e. The Morgan fingerprint density at radius 1 is 1.25 bits per heavy atom. The molecule has 0 bridgehead atoms. The van der Waals surface area contributed by atoms with Crippen LogP contribution < -0.4 is 4.90 Å². The van der Waals surface area contributed by atoms with Crippen LogP contribution in [0.2, 0.25) is 0 Å². The molecule has 13 heteroatoms. The second kappa shape index (κ2) is 10.5. The molecule has 0 radical (unpaired) electrons. The van der Waals surface area contributed by atoms with Gasteiger partial charge < -0.3 is 14.1 Å². The van der Waals surface area contributed by atoms with Crippen LogP contribution >= 0.6 is 11.3 Å². The summed E-state index contributed by atoms with van der Waals surface area (Å²) in [4.78, 5) is 16.1. The van der Waals surface area contributed by atoms with Gasteiger partial charge in [-0.05, 0) is 26.0 Å². The molecular weight excluding hydrogens is 449 g/mol. The van der Waals surface area contributed by atoms with Gasteiger partial charge in [0.15, 0.2) is 0 Å². The van der Waals surface area contributed by atoms with E-state index >= 15 is 0 Å². The summed E-state index contributed by atoms with van der Waals surface area (Å²) in [7, 11) is 1.54. The first kappa shape index (κ1) is 23.6. The number of methoxy groups -OCH3 is 1. The molecule has 3 rings (SSSR count). The van der Waals surface area contributed by atoms with Crippen molar-refractivity contribution in [2.24, 2.45) is 0 Å². The van der Waals surface area contributed by atoms with Gasteiger partial charge in [0, 0.05) is 31.3 Å². The fourth-order valence-corrected chi connectivity index (χ4v) is 3.47. The molecule has 9 nitrogen and oxygen atoms in total. The number of ether oxygens (including phenoxy) is 1. The summed E-state index contributed by atoms with van der Waals surface area (Å²) >= 11 is 1.20. The lowest BCUT2D eigenvalue weighted by Gasteiger charge is -2.28. The number of carbonyl (C=O) groups excluding carboxylic acids is 1. The van der Waals surface area contributed by atoms with Gasteiger partial charge in [-0.25, -0.2) is 9.18 Å². The predicted octanol–water partition coefficient (Wildman–Crippen LogP) is 4.07. The van der Waals surface area contributed by atoms with Gasteiger partial charge in [0.25, 0.3) is 5.89 Å². The Bertz CT molecular complexity index is 1060. The van der Waals surface area contributed by atoms with Crippen molar-refractivity contribution in [3.05, 3.63) is 40.5 Å². The summed E-state index contributed by atoms with van der Waals surface area (Å²) in [6, 6.07) is 3.60. The molecule has 2 heterocycles. The Morgan fingerprint density at radius 3 is 2.59 bits per heavy atom. The van der Waals surface area contributed by atoms with E-state index in [0.29, 0.717) is 29.8 Å². The quantitative estimate of drug-likeness (QED) is 0.465. The maximum absolute atomic E-state index is 14.9. The van der Waals surface area contributed by atoms with E-state index in [9.17, 15) is 18.0 Å². The van der Waals surface area contributed by atoms with Crippen molar-refractivity contribution in [1.29, 1.82) is 0 Å². The second-order valence-corrected chi connectivity index (χ2v) is 7.76. The van der Waals surface area contributed by atoms with Gasteiger partial charge in [-0.15, -0.1) is 20.4 Å². The molecule has 0 saturated heterocycles. The van der Waals surface area contributed by atoms with Crippen LogP contribution in [0.25, 0.3) is 11.5 Å². The van der Waals surface area contributed by atoms with Crippen molar-refractivity contribution in [3.63, 3.8) is 0 Å². The number of carbonyl (C=O) groups is 1. The van der Waals surface area contributed by atoms with Crippen molar-refractivity contribution in [1.82, 2.24) is 25.3 Å². The number of anilines is 1. The first-order valence-electron chi connectivity index (χ1n) is 9.59. The van der Waals surface area contributed by atoms with E-state index < -0.39 is 18.1 Å². The Labute approximate surface area is 185 Å². The van der Waals surface area contributed by atoms with E-state index in [4.69, 9.17) is 9.15 Å². The topological polar surface area (TPSA) is 97.5 Å². The monoisotopic (exact) mass is 470 g/mol. The van der Waals surface area contributed by atoms with Gasteiger partial charge in [-0.2, -0.15) is 8.78 Å². The molecule has 0 unspecified atom stereocenters. The van der Waals surface area contributed by atoms with Gasteiger partial charge in [0.1, 0.15) is 10.8 Å². The minimum absolute atomic E-state index is 0.116. The number of urea groups is 1. The molecule has 0 aliphatic rings. The third-order valence-electron chi connectivity index (χ3n) is 4.45. The molecule has 0 saturated carbocycles. The Kier molecular flexibility index (Phi) is 7.75. The number of nitrogens with zero attached hydrogens (tertiary/aromatic N) is 6. The molecule has 0 aliphatic heterocycles. The molecule has 32 heavy (non-hydrogen) atoms. The summed E-state index contributed by atoms with van der Waals surface area (Å²) in [6.45, 7) is 4.57. The number of alkyl halides is 2. The molecule has 3 aromatic rings. The summed E-state index contributed by atoms with van der Waals surface area (Å²) in [5.74, 6) is -1.74. The zero-order chi connectivity index (χ0) is 23.3. The van der Waals surface area contributed by atoms with Gasteiger partial charge in [-0.1, -0.05) is 17.4 Å². The van der Waals surface area contributed by atoms with Crippen molar-refractivity contribution in [3.8, 4) is 11.5 Å². The van der Waals surface area contributed by atoms with E-state index in [-0.39, 0.29) is 29.6 Å². The van der Waals surface area contributed by atoms with E-state index in [1.54, 1.807) is 11.8 Å². The molecule has 0 atom stereocenters. The number of amides is 2. The van der Waals surface area contributed by atoms with Crippen LogP contribution in [0.1, 0.15) is 29.8 Å². The number of rotatable bonds is 9. The predicted molar refractivity (Wildman–Crippen MR) is 110 cm³/mol. The second-order valence-electron chi connectivity index (χ2n) is 6.60. The third kappa shape index (κ3) is 5.40. The van der Waals surface area contributed by atoms with Crippen LogP contribution in [0.5, 0.6) is 0 Å². The van der Waals surface area contributed by atoms with Crippen LogP contribution in [0.4, 0.5) is 23.1 Å². The molecule has 0 fully saturated rings. The summed E-state index contributed by atoms with van der Waals surface area (Å²) < 4.78 is 50.1. The Hall–Kier alpha value is -3.06. The number of hydrogen-bond donors (Lipinski definition) is 0. The van der Waals surface area contributed by atoms with Crippen molar-refractivity contribution >= 4 is 22.5 Å². The first-order chi connectivity index (χ1) is 15.3.